The van der Waals surface area contributed by atoms with Gasteiger partial charge in [0.25, 0.3) is 0 Å². The average molecular weight is 215 g/mol. The number of rotatable bonds is 0. The number of aliphatic hydroxyl groups is 1. The maximum atomic E-state index is 8.82. The summed E-state index contributed by atoms with van der Waals surface area (Å²) in [4.78, 5) is 0. The van der Waals surface area contributed by atoms with Gasteiger partial charge >= 0.3 is 59.0 Å². The fraction of sp³-hybridized carbons (Fsp3) is 1.00. The van der Waals surface area contributed by atoms with E-state index in [1.54, 1.807) is 6.92 Å². The van der Waals surface area contributed by atoms with Crippen molar-refractivity contribution in [2.24, 2.45) is 0 Å². The molecule has 0 heterocycles. The SMILES string of the molecule is CCO.O=[Se](=O)(O)O.[NaH]. The van der Waals surface area contributed by atoms with Crippen molar-refractivity contribution in [3.63, 3.8) is 0 Å². The van der Waals surface area contributed by atoms with E-state index in [4.69, 9.17) is 21.2 Å². The molecule has 5 nitrogen and oxygen atoms in total. The third-order valence-electron chi connectivity index (χ3n) is 0. The molecular formula is C2H9NaO5Se. The zero-order chi connectivity index (χ0) is 7.21. The van der Waals surface area contributed by atoms with Crippen LogP contribution in [0.4, 0.5) is 0 Å². The van der Waals surface area contributed by atoms with Crippen molar-refractivity contribution >= 4 is 42.9 Å². The van der Waals surface area contributed by atoms with Gasteiger partial charge in [0.05, 0.1) is 0 Å². The first kappa shape index (κ1) is 16.5. The van der Waals surface area contributed by atoms with Gasteiger partial charge in [-0.3, -0.25) is 0 Å². The summed E-state index contributed by atoms with van der Waals surface area (Å²) < 4.78 is 31.9. The second-order valence-corrected chi connectivity index (χ2v) is 2.64. The van der Waals surface area contributed by atoms with E-state index in [0.29, 0.717) is 0 Å². The van der Waals surface area contributed by atoms with Crippen molar-refractivity contribution < 1.29 is 21.2 Å². The number of aliphatic hydroxyl groups excluding tert-OH is 1. The van der Waals surface area contributed by atoms with Crippen LogP contribution in [0.25, 0.3) is 0 Å². The fourth-order valence-electron chi connectivity index (χ4n) is 0. The molecule has 0 rings (SSSR count). The van der Waals surface area contributed by atoms with E-state index in [-0.39, 0.29) is 36.2 Å². The minimum absolute atomic E-state index is 0. The van der Waals surface area contributed by atoms with E-state index in [1.165, 1.54) is 0 Å². The molecule has 0 aliphatic carbocycles. The summed E-state index contributed by atoms with van der Waals surface area (Å²) in [6.07, 6.45) is 0. The van der Waals surface area contributed by atoms with Crippen LogP contribution < -0.4 is 0 Å². The Kier molecular flexibility index (Phi) is 16.5. The van der Waals surface area contributed by atoms with Crippen molar-refractivity contribution in [3.8, 4) is 0 Å². The van der Waals surface area contributed by atoms with Gasteiger partial charge in [0.15, 0.2) is 0 Å². The zero-order valence-corrected chi connectivity index (χ0v) is 5.99. The van der Waals surface area contributed by atoms with Gasteiger partial charge in [-0.2, -0.15) is 0 Å². The van der Waals surface area contributed by atoms with E-state index in [9.17, 15) is 0 Å². The van der Waals surface area contributed by atoms with Crippen LogP contribution in [0, 0.1) is 0 Å². The maximum absolute atomic E-state index is 8.82. The first-order chi connectivity index (χ1) is 3.41. The summed E-state index contributed by atoms with van der Waals surface area (Å²) in [5, 5.41) is 7.57. The molecule has 0 amide bonds. The second kappa shape index (κ2) is 9.00. The van der Waals surface area contributed by atoms with Gasteiger partial charge in [-0.15, -0.1) is 0 Å². The van der Waals surface area contributed by atoms with E-state index >= 15 is 0 Å². The molecule has 0 aromatic rings. The Labute approximate surface area is 77.3 Å². The fourth-order valence-corrected chi connectivity index (χ4v) is 0. The van der Waals surface area contributed by atoms with Gasteiger partial charge in [0, 0.05) is 6.61 Å². The van der Waals surface area contributed by atoms with Crippen molar-refractivity contribution in [2.75, 3.05) is 6.61 Å². The average Bonchev–Trinajstić information content (AvgIpc) is 1.27. The molecule has 0 bridgehead atoms. The normalized spacial score (nSPS) is 8.44. The van der Waals surface area contributed by atoms with E-state index < -0.39 is 13.4 Å². The molecule has 9 heavy (non-hydrogen) atoms. The molecule has 0 fully saturated rings. The second-order valence-electron chi connectivity index (χ2n) is 0.764. The number of hydrogen-bond acceptors (Lipinski definition) is 3. The van der Waals surface area contributed by atoms with Crippen molar-refractivity contribution in [1.29, 1.82) is 0 Å². The van der Waals surface area contributed by atoms with Crippen molar-refractivity contribution in [1.82, 2.24) is 0 Å². The molecule has 7 heteroatoms. The third kappa shape index (κ3) is 441. The van der Waals surface area contributed by atoms with Gasteiger partial charge in [-0.25, -0.2) is 0 Å². The predicted octanol–water partition coefficient (Wildman–Crippen LogP) is -2.38. The molecule has 54 valence electrons. The Morgan fingerprint density at radius 2 is 1.33 bits per heavy atom. The number of hydrogen-bond donors (Lipinski definition) is 3. The molecule has 0 atom stereocenters. The molecule has 0 saturated carbocycles. The summed E-state index contributed by atoms with van der Waals surface area (Å²) in [7, 11) is 0. The summed E-state index contributed by atoms with van der Waals surface area (Å²) in [5.74, 6) is 0. The first-order valence-corrected chi connectivity index (χ1v) is 4.65. The Balaban J connectivity index is -0.0000000800. The molecule has 0 saturated heterocycles. The Bertz CT molecular complexity index is 109. The standard InChI is InChI=1S/C2H6O.Na.H2O4Se.H/c1-2-3;;1-5(2,3)4;/h3H,2H2,1H3;;(H2,1,2,3,4);. The van der Waals surface area contributed by atoms with Gasteiger partial charge in [-0.05, 0) is 6.92 Å². The summed E-state index contributed by atoms with van der Waals surface area (Å²) in [5.41, 5.74) is 0. The topological polar surface area (TPSA) is 94.8 Å². The van der Waals surface area contributed by atoms with Crippen LogP contribution in [0.1, 0.15) is 6.92 Å². The molecule has 0 unspecified atom stereocenters. The van der Waals surface area contributed by atoms with Crippen molar-refractivity contribution in [2.45, 2.75) is 6.92 Å². The molecule has 3 N–H and O–H groups in total. The van der Waals surface area contributed by atoms with Crippen LogP contribution in [0.5, 0.6) is 0 Å². The van der Waals surface area contributed by atoms with Gasteiger partial charge in [0.2, 0.25) is 0 Å². The molecule has 0 aromatic carbocycles. The van der Waals surface area contributed by atoms with E-state index in [2.05, 4.69) is 0 Å². The molecular weight excluding hydrogens is 206 g/mol. The molecule has 0 aliphatic heterocycles. The molecule has 0 radical (unpaired) electrons. The van der Waals surface area contributed by atoms with E-state index in [0.717, 1.165) is 0 Å². The molecule has 0 aliphatic rings. The zero-order valence-electron chi connectivity index (χ0n) is 4.27. The third-order valence-corrected chi connectivity index (χ3v) is 0. The van der Waals surface area contributed by atoms with Crippen LogP contribution in [-0.2, 0) is 7.67 Å². The molecule has 0 spiro atoms. The summed E-state index contributed by atoms with van der Waals surface area (Å²) in [6.45, 7) is 1.93. The monoisotopic (exact) mass is 216 g/mol. The van der Waals surface area contributed by atoms with Crippen LogP contribution in [0.3, 0.4) is 0 Å². The quantitative estimate of drug-likeness (QED) is 0.392. The minimum atomic E-state index is -5.25. The van der Waals surface area contributed by atoms with Crippen LogP contribution in [-0.4, -0.2) is 63.0 Å². The Hall–Kier alpha value is 0.999. The van der Waals surface area contributed by atoms with Crippen LogP contribution >= 0.6 is 0 Å². The first-order valence-electron chi connectivity index (χ1n) is 1.72. The van der Waals surface area contributed by atoms with Gasteiger partial charge in [0.1, 0.15) is 0 Å². The summed E-state index contributed by atoms with van der Waals surface area (Å²) in [6, 6.07) is 0. The van der Waals surface area contributed by atoms with Crippen LogP contribution in [0.15, 0.2) is 0 Å². The van der Waals surface area contributed by atoms with E-state index in [1.807, 2.05) is 0 Å². The Morgan fingerprint density at radius 1 is 1.33 bits per heavy atom. The Morgan fingerprint density at radius 3 is 1.33 bits per heavy atom. The predicted molar refractivity (Wildman–Crippen MR) is 31.5 cm³/mol. The van der Waals surface area contributed by atoms with Gasteiger partial charge < -0.3 is 5.11 Å². The summed E-state index contributed by atoms with van der Waals surface area (Å²) >= 11 is -5.25. The van der Waals surface area contributed by atoms with Gasteiger partial charge in [-0.1, -0.05) is 0 Å². The van der Waals surface area contributed by atoms with Crippen molar-refractivity contribution in [3.05, 3.63) is 0 Å². The molecule has 0 aromatic heterocycles. The van der Waals surface area contributed by atoms with Crippen LogP contribution in [0.2, 0.25) is 0 Å².